The van der Waals surface area contributed by atoms with Crippen molar-refractivity contribution in [1.29, 1.82) is 0 Å². The van der Waals surface area contributed by atoms with Gasteiger partial charge in [0.1, 0.15) is 10.7 Å². The Balaban J connectivity index is 2.25. The van der Waals surface area contributed by atoms with Crippen LogP contribution in [0.4, 0.5) is 4.39 Å². The quantitative estimate of drug-likeness (QED) is 0.484. The van der Waals surface area contributed by atoms with Crippen LogP contribution in [0.15, 0.2) is 29.2 Å². The fourth-order valence-corrected chi connectivity index (χ4v) is 2.83. The first-order valence-electron chi connectivity index (χ1n) is 7.18. The number of halogens is 1. The summed E-state index contributed by atoms with van der Waals surface area (Å²) in [5.41, 5.74) is 0. The molecule has 0 aromatic heterocycles. The van der Waals surface area contributed by atoms with E-state index in [2.05, 4.69) is 15.4 Å². The molecule has 23 heavy (non-hydrogen) atoms. The average Bonchev–Trinajstić information content (AvgIpc) is 2.51. The molecule has 130 valence electrons. The van der Waals surface area contributed by atoms with E-state index in [0.717, 1.165) is 6.07 Å². The second-order valence-corrected chi connectivity index (χ2v) is 6.41. The number of hydrogen-bond donors (Lipinski definition) is 3. The minimum atomic E-state index is -3.95. The molecule has 0 aliphatic rings. The highest BCUT2D eigenvalue weighted by Gasteiger charge is 2.18. The lowest BCUT2D eigenvalue weighted by atomic mass is 10.3. The number of ether oxygens (including phenoxy) is 1. The Labute approximate surface area is 135 Å². The van der Waals surface area contributed by atoms with Crippen LogP contribution in [0.3, 0.4) is 0 Å². The average molecular weight is 347 g/mol. The Kier molecular flexibility index (Phi) is 8.70. The molecule has 1 aromatic carbocycles. The molecule has 1 rings (SSSR count). The van der Waals surface area contributed by atoms with Crippen LogP contribution < -0.4 is 15.4 Å². The number of nitrogens with one attached hydrogen (secondary N) is 3. The fourth-order valence-electron chi connectivity index (χ4n) is 1.72. The van der Waals surface area contributed by atoms with Crippen LogP contribution in [-0.2, 0) is 19.6 Å². The molecule has 0 spiro atoms. The van der Waals surface area contributed by atoms with Gasteiger partial charge in [-0.1, -0.05) is 12.1 Å². The maximum absolute atomic E-state index is 13.5. The molecule has 0 aliphatic heterocycles. The zero-order chi connectivity index (χ0) is 17.1. The largest absolute Gasteiger partial charge is 0.383 e. The molecule has 0 atom stereocenters. The normalized spacial score (nSPS) is 11.4. The van der Waals surface area contributed by atoms with E-state index in [1.165, 1.54) is 18.2 Å². The van der Waals surface area contributed by atoms with Crippen LogP contribution in [-0.4, -0.2) is 54.2 Å². The van der Waals surface area contributed by atoms with Crippen molar-refractivity contribution < 1.29 is 22.3 Å². The fraction of sp³-hybridized carbons (Fsp3) is 0.500. The molecule has 0 saturated carbocycles. The first kappa shape index (κ1) is 19.5. The molecule has 0 bridgehead atoms. The van der Waals surface area contributed by atoms with Crippen molar-refractivity contribution in [1.82, 2.24) is 15.4 Å². The zero-order valence-corrected chi connectivity index (χ0v) is 13.8. The number of hydrogen-bond acceptors (Lipinski definition) is 5. The van der Waals surface area contributed by atoms with Gasteiger partial charge in [0.25, 0.3) is 0 Å². The lowest BCUT2D eigenvalue weighted by Crippen LogP contribution is -2.35. The molecule has 0 saturated heterocycles. The van der Waals surface area contributed by atoms with Gasteiger partial charge in [-0.3, -0.25) is 4.79 Å². The summed E-state index contributed by atoms with van der Waals surface area (Å²) in [5, 5.41) is 5.70. The van der Waals surface area contributed by atoms with Crippen molar-refractivity contribution >= 4 is 15.9 Å². The smallest absolute Gasteiger partial charge is 0.243 e. The lowest BCUT2D eigenvalue weighted by Gasteiger charge is -2.08. The summed E-state index contributed by atoms with van der Waals surface area (Å²) in [7, 11) is -2.35. The summed E-state index contributed by atoms with van der Waals surface area (Å²) >= 11 is 0. The standard InChI is InChI=1S/C14H22FN3O4S/c1-22-11-10-16-8-9-17-14(19)6-7-18-23(20,21)13-5-3-2-4-12(13)15/h2-5,16,18H,6-11H2,1H3,(H,17,19). The predicted molar refractivity (Wildman–Crippen MR) is 84.0 cm³/mol. The first-order valence-corrected chi connectivity index (χ1v) is 8.66. The topological polar surface area (TPSA) is 96.5 Å². The van der Waals surface area contributed by atoms with Gasteiger partial charge in [-0.25, -0.2) is 17.5 Å². The Bertz CT molecular complexity index is 595. The Morgan fingerprint density at radius 2 is 1.91 bits per heavy atom. The van der Waals surface area contributed by atoms with Crippen molar-refractivity contribution in [2.75, 3.05) is 39.9 Å². The molecule has 1 aromatic rings. The van der Waals surface area contributed by atoms with Gasteiger partial charge in [-0.05, 0) is 12.1 Å². The number of benzene rings is 1. The molecule has 3 N–H and O–H groups in total. The number of carbonyl (C=O) groups excluding carboxylic acids is 1. The third-order valence-corrected chi connectivity index (χ3v) is 4.37. The zero-order valence-electron chi connectivity index (χ0n) is 13.0. The van der Waals surface area contributed by atoms with Gasteiger partial charge in [-0.2, -0.15) is 0 Å². The first-order chi connectivity index (χ1) is 11.0. The number of rotatable bonds is 11. The van der Waals surface area contributed by atoms with Gasteiger partial charge >= 0.3 is 0 Å². The van der Waals surface area contributed by atoms with Crippen molar-refractivity contribution in [3.63, 3.8) is 0 Å². The second-order valence-electron chi connectivity index (χ2n) is 4.67. The van der Waals surface area contributed by atoms with E-state index in [-0.39, 0.29) is 18.9 Å². The molecule has 0 heterocycles. The van der Waals surface area contributed by atoms with Crippen molar-refractivity contribution in [3.05, 3.63) is 30.1 Å². The van der Waals surface area contributed by atoms with Gasteiger partial charge in [-0.15, -0.1) is 0 Å². The van der Waals surface area contributed by atoms with Gasteiger partial charge in [0.05, 0.1) is 6.61 Å². The highest BCUT2D eigenvalue weighted by molar-refractivity contribution is 7.89. The van der Waals surface area contributed by atoms with E-state index in [1.54, 1.807) is 7.11 Å². The molecular weight excluding hydrogens is 325 g/mol. The maximum Gasteiger partial charge on any atom is 0.243 e. The molecule has 0 radical (unpaired) electrons. The van der Waals surface area contributed by atoms with Crippen LogP contribution in [0.25, 0.3) is 0 Å². The Morgan fingerprint density at radius 3 is 2.61 bits per heavy atom. The van der Waals surface area contributed by atoms with Gasteiger partial charge < -0.3 is 15.4 Å². The number of sulfonamides is 1. The van der Waals surface area contributed by atoms with Crippen molar-refractivity contribution in [3.8, 4) is 0 Å². The van der Waals surface area contributed by atoms with Crippen LogP contribution in [0.1, 0.15) is 6.42 Å². The number of carbonyl (C=O) groups is 1. The lowest BCUT2D eigenvalue weighted by molar-refractivity contribution is -0.120. The van der Waals surface area contributed by atoms with E-state index in [9.17, 15) is 17.6 Å². The summed E-state index contributed by atoms with van der Waals surface area (Å²) in [6.07, 6.45) is -0.0221. The van der Waals surface area contributed by atoms with Gasteiger partial charge in [0.15, 0.2) is 0 Å². The SMILES string of the molecule is COCCNCCNC(=O)CCNS(=O)(=O)c1ccccc1F. The Morgan fingerprint density at radius 1 is 1.17 bits per heavy atom. The summed E-state index contributed by atoms with van der Waals surface area (Å²) in [5.74, 6) is -1.11. The van der Waals surface area contributed by atoms with Crippen LogP contribution in [0.2, 0.25) is 0 Å². The minimum Gasteiger partial charge on any atom is -0.383 e. The summed E-state index contributed by atoms with van der Waals surface area (Å²) < 4.78 is 44.3. The number of amides is 1. The molecule has 9 heteroatoms. The summed E-state index contributed by atoms with van der Waals surface area (Å²) in [6, 6.07) is 5.07. The van der Waals surface area contributed by atoms with Gasteiger partial charge in [0, 0.05) is 39.7 Å². The van der Waals surface area contributed by atoms with Crippen LogP contribution in [0.5, 0.6) is 0 Å². The monoisotopic (exact) mass is 347 g/mol. The third-order valence-electron chi connectivity index (χ3n) is 2.88. The predicted octanol–water partition coefficient (Wildman–Crippen LogP) is -0.154. The summed E-state index contributed by atoms with van der Waals surface area (Å²) in [4.78, 5) is 11.1. The third kappa shape index (κ3) is 7.51. The maximum atomic E-state index is 13.5. The molecule has 7 nitrogen and oxygen atoms in total. The molecular formula is C14H22FN3O4S. The van der Waals surface area contributed by atoms with Crippen LogP contribution >= 0.6 is 0 Å². The van der Waals surface area contributed by atoms with E-state index in [0.29, 0.717) is 26.2 Å². The van der Waals surface area contributed by atoms with Gasteiger partial charge in [0.2, 0.25) is 15.9 Å². The van der Waals surface area contributed by atoms with E-state index in [4.69, 9.17) is 4.74 Å². The van der Waals surface area contributed by atoms with E-state index in [1.807, 2.05) is 0 Å². The molecule has 0 aliphatic carbocycles. The van der Waals surface area contributed by atoms with Crippen LogP contribution in [0, 0.1) is 5.82 Å². The molecule has 0 unspecified atom stereocenters. The summed E-state index contributed by atoms with van der Waals surface area (Å²) in [6.45, 7) is 2.21. The minimum absolute atomic E-state index is 0.0221. The highest BCUT2D eigenvalue weighted by atomic mass is 32.2. The highest BCUT2D eigenvalue weighted by Crippen LogP contribution is 2.12. The Hall–Kier alpha value is -1.55. The van der Waals surface area contributed by atoms with Crippen molar-refractivity contribution in [2.45, 2.75) is 11.3 Å². The number of methoxy groups -OCH3 is 1. The second kappa shape index (κ2) is 10.3. The van der Waals surface area contributed by atoms with E-state index < -0.39 is 20.7 Å². The van der Waals surface area contributed by atoms with Crippen molar-refractivity contribution in [2.24, 2.45) is 0 Å². The molecule has 0 fully saturated rings. The van der Waals surface area contributed by atoms with E-state index >= 15 is 0 Å². The molecule has 1 amide bonds.